The van der Waals surface area contributed by atoms with Gasteiger partial charge in [-0.05, 0) is 75.1 Å². The monoisotopic (exact) mass is 410 g/mol. The molecule has 1 saturated heterocycles. The molecule has 2 aliphatic heterocycles. The fourth-order valence-electron chi connectivity index (χ4n) is 5.47. The number of ether oxygens (including phenoxy) is 1. The lowest BCUT2D eigenvalue weighted by atomic mass is 9.94. The zero-order chi connectivity index (χ0) is 20.3. The lowest BCUT2D eigenvalue weighted by Gasteiger charge is -2.26. The third-order valence-electron chi connectivity index (χ3n) is 7.26. The van der Waals surface area contributed by atoms with Gasteiger partial charge in [-0.3, -0.25) is 15.8 Å². The molecule has 1 aromatic rings. The molecule has 0 amide bonds. The van der Waals surface area contributed by atoms with Crippen LogP contribution in [0.25, 0.3) is 0 Å². The van der Waals surface area contributed by atoms with Crippen LogP contribution in [0.2, 0.25) is 0 Å². The third kappa shape index (κ3) is 5.25. The maximum Gasteiger partial charge on any atom is 0.123 e. The quantitative estimate of drug-likeness (QED) is 0.675. The van der Waals surface area contributed by atoms with Gasteiger partial charge in [0.1, 0.15) is 12.4 Å². The second-order valence-electron chi connectivity index (χ2n) is 10.0. The van der Waals surface area contributed by atoms with Crippen molar-refractivity contribution in [2.75, 3.05) is 33.3 Å². The summed E-state index contributed by atoms with van der Waals surface area (Å²) >= 11 is 0. The van der Waals surface area contributed by atoms with Crippen molar-refractivity contribution in [2.45, 2.75) is 63.7 Å². The van der Waals surface area contributed by atoms with Gasteiger partial charge in [-0.25, -0.2) is 0 Å². The summed E-state index contributed by atoms with van der Waals surface area (Å²) in [5, 5.41) is 0. The van der Waals surface area contributed by atoms with Crippen LogP contribution in [0.5, 0.6) is 5.75 Å². The minimum atomic E-state index is 0.560. The highest BCUT2D eigenvalue weighted by Gasteiger charge is 2.36. The van der Waals surface area contributed by atoms with Gasteiger partial charge in [0, 0.05) is 50.4 Å². The van der Waals surface area contributed by atoms with E-state index in [-0.39, 0.29) is 0 Å². The van der Waals surface area contributed by atoms with Crippen molar-refractivity contribution < 1.29 is 4.74 Å². The van der Waals surface area contributed by atoms with Crippen molar-refractivity contribution in [2.24, 2.45) is 11.8 Å². The predicted octanol–water partition coefficient (Wildman–Crippen LogP) is 3.31. The zero-order valence-corrected chi connectivity index (χ0v) is 18.5. The molecule has 3 unspecified atom stereocenters. The van der Waals surface area contributed by atoms with Gasteiger partial charge < -0.3 is 9.64 Å². The van der Waals surface area contributed by atoms with Crippen LogP contribution in [0.1, 0.15) is 49.7 Å². The van der Waals surface area contributed by atoms with Crippen LogP contribution in [0.3, 0.4) is 0 Å². The molecule has 0 aromatic heterocycles. The summed E-state index contributed by atoms with van der Waals surface area (Å²) in [6.07, 6.45) is 12.6. The smallest absolute Gasteiger partial charge is 0.123 e. The lowest BCUT2D eigenvalue weighted by molar-refractivity contribution is 0.193. The van der Waals surface area contributed by atoms with Crippen molar-refractivity contribution in [3.63, 3.8) is 0 Å². The van der Waals surface area contributed by atoms with E-state index in [0.29, 0.717) is 12.1 Å². The van der Waals surface area contributed by atoms with Crippen LogP contribution in [-0.4, -0.2) is 55.2 Å². The van der Waals surface area contributed by atoms with E-state index in [1.54, 1.807) is 0 Å². The highest BCUT2D eigenvalue weighted by molar-refractivity contribution is 5.38. The first-order valence-electron chi connectivity index (χ1n) is 12.0. The van der Waals surface area contributed by atoms with Gasteiger partial charge in [-0.15, -0.1) is 0 Å². The molecule has 164 valence electrons. The lowest BCUT2D eigenvalue weighted by Crippen LogP contribution is -2.39. The summed E-state index contributed by atoms with van der Waals surface area (Å²) < 4.78 is 6.09. The van der Waals surface area contributed by atoms with Crippen molar-refractivity contribution >= 4 is 0 Å². The average molecular weight is 411 g/mol. The van der Waals surface area contributed by atoms with Gasteiger partial charge in [0.2, 0.25) is 0 Å². The summed E-state index contributed by atoms with van der Waals surface area (Å²) in [6.45, 7) is 6.13. The van der Waals surface area contributed by atoms with E-state index in [2.05, 4.69) is 58.1 Å². The normalized spacial score (nSPS) is 29.6. The molecule has 0 bridgehead atoms. The Hall–Kier alpha value is -1.40. The average Bonchev–Trinajstić information content (AvgIpc) is 3.52. The number of nitrogens with zero attached hydrogens (tertiary/aromatic N) is 2. The Kier molecular flexibility index (Phi) is 6.42. The highest BCUT2D eigenvalue weighted by Crippen LogP contribution is 2.35. The fraction of sp³-hybridized carbons (Fsp3) is 0.680. The Morgan fingerprint density at radius 3 is 2.93 bits per heavy atom. The summed E-state index contributed by atoms with van der Waals surface area (Å²) in [7, 11) is 2.25. The van der Waals surface area contributed by atoms with E-state index >= 15 is 0 Å². The Labute approximate surface area is 181 Å². The first kappa shape index (κ1) is 20.5. The number of hydrogen-bond donors (Lipinski definition) is 2. The van der Waals surface area contributed by atoms with E-state index in [0.717, 1.165) is 50.4 Å². The minimum absolute atomic E-state index is 0.560. The number of likely N-dealkylation sites (N-methyl/N-ethyl adjacent to an activating group) is 1. The van der Waals surface area contributed by atoms with Gasteiger partial charge in [-0.1, -0.05) is 18.2 Å². The molecular weight excluding hydrogens is 372 g/mol. The number of benzene rings is 1. The molecule has 0 spiro atoms. The summed E-state index contributed by atoms with van der Waals surface area (Å²) in [6, 6.07) is 8.09. The van der Waals surface area contributed by atoms with Crippen LogP contribution in [0, 0.1) is 11.8 Å². The molecule has 2 aliphatic carbocycles. The van der Waals surface area contributed by atoms with Crippen LogP contribution < -0.4 is 15.6 Å². The Bertz CT molecular complexity index is 747. The second-order valence-corrected chi connectivity index (χ2v) is 10.0. The minimum Gasteiger partial charge on any atom is -0.492 e. The number of hydrazine groups is 1. The van der Waals surface area contributed by atoms with E-state index in [1.165, 1.54) is 56.2 Å². The maximum atomic E-state index is 6.09. The molecule has 4 aliphatic rings. The number of fused-ring (bicyclic) bond motifs is 1. The number of rotatable bonds is 7. The molecular formula is C25H38N4O. The summed E-state index contributed by atoms with van der Waals surface area (Å²) in [5.41, 5.74) is 9.80. The van der Waals surface area contributed by atoms with Crippen molar-refractivity contribution in [3.8, 4) is 5.75 Å². The van der Waals surface area contributed by atoms with Crippen molar-refractivity contribution in [1.29, 1.82) is 0 Å². The van der Waals surface area contributed by atoms with Gasteiger partial charge in [0.15, 0.2) is 0 Å². The Balaban J connectivity index is 1.16. The van der Waals surface area contributed by atoms with Crippen LogP contribution in [0.15, 0.2) is 30.4 Å². The van der Waals surface area contributed by atoms with E-state index < -0.39 is 0 Å². The predicted molar refractivity (Wildman–Crippen MR) is 121 cm³/mol. The second kappa shape index (κ2) is 9.39. The van der Waals surface area contributed by atoms with E-state index in [4.69, 9.17) is 4.74 Å². The fourth-order valence-corrected chi connectivity index (χ4v) is 5.47. The van der Waals surface area contributed by atoms with Gasteiger partial charge in [0.25, 0.3) is 0 Å². The zero-order valence-electron chi connectivity index (χ0n) is 18.5. The molecule has 2 fully saturated rings. The highest BCUT2D eigenvalue weighted by atomic mass is 16.5. The summed E-state index contributed by atoms with van der Waals surface area (Å²) in [5.74, 6) is 2.81. The molecule has 5 nitrogen and oxygen atoms in total. The molecule has 30 heavy (non-hydrogen) atoms. The first-order chi connectivity index (χ1) is 14.7. The van der Waals surface area contributed by atoms with Crippen molar-refractivity contribution in [3.05, 3.63) is 41.5 Å². The molecule has 3 atom stereocenters. The van der Waals surface area contributed by atoms with Crippen molar-refractivity contribution in [1.82, 2.24) is 20.7 Å². The molecule has 1 saturated carbocycles. The summed E-state index contributed by atoms with van der Waals surface area (Å²) in [4.78, 5) is 5.06. The van der Waals surface area contributed by atoms with E-state index in [1.807, 2.05) is 0 Å². The van der Waals surface area contributed by atoms with Gasteiger partial charge in [-0.2, -0.15) is 0 Å². The molecule has 0 radical (unpaired) electrons. The molecule has 5 heteroatoms. The molecule has 2 N–H and O–H groups in total. The van der Waals surface area contributed by atoms with E-state index in [9.17, 15) is 0 Å². The molecule has 1 aromatic carbocycles. The Morgan fingerprint density at radius 1 is 1.17 bits per heavy atom. The molecule has 2 heterocycles. The SMILES string of the molecule is CN(Cc1ccc2c(c1)CN(CC1CC=CCC1)CCO2)CC1CC(C2CC2)NN1. The van der Waals surface area contributed by atoms with Crippen LogP contribution in [0.4, 0.5) is 0 Å². The van der Waals surface area contributed by atoms with Crippen LogP contribution >= 0.6 is 0 Å². The number of allylic oxidation sites excluding steroid dienone is 2. The van der Waals surface area contributed by atoms with Gasteiger partial charge >= 0.3 is 0 Å². The number of nitrogens with one attached hydrogen (secondary N) is 2. The first-order valence-corrected chi connectivity index (χ1v) is 12.0. The topological polar surface area (TPSA) is 39.8 Å². The standard InChI is InChI=1S/C25H38N4O/c1-28(18-23-14-24(27-26-23)21-8-9-21)15-20-7-10-25-22(13-20)17-29(11-12-30-25)16-19-5-3-2-4-6-19/h2-3,7,10,13,19,21,23-24,26-27H,4-6,8-9,11-12,14-18H2,1H3. The largest absolute Gasteiger partial charge is 0.492 e. The van der Waals surface area contributed by atoms with Gasteiger partial charge in [0.05, 0.1) is 0 Å². The third-order valence-corrected chi connectivity index (χ3v) is 7.26. The number of hydrogen-bond acceptors (Lipinski definition) is 5. The van der Waals surface area contributed by atoms with Crippen LogP contribution in [-0.2, 0) is 13.1 Å². The molecule has 5 rings (SSSR count). The Morgan fingerprint density at radius 2 is 2.10 bits per heavy atom. The maximum absolute atomic E-state index is 6.09.